The van der Waals surface area contributed by atoms with Gasteiger partial charge in [-0.15, -0.1) is 0 Å². The van der Waals surface area contributed by atoms with Crippen molar-refractivity contribution in [2.24, 2.45) is 5.92 Å². The van der Waals surface area contributed by atoms with Crippen LogP contribution in [0.5, 0.6) is 0 Å². The van der Waals surface area contributed by atoms with Crippen molar-refractivity contribution < 1.29 is 17.9 Å². The van der Waals surface area contributed by atoms with Crippen LogP contribution in [-0.2, 0) is 4.74 Å². The van der Waals surface area contributed by atoms with Crippen molar-refractivity contribution in [3.8, 4) is 0 Å². The minimum Gasteiger partial charge on any atom is -0.385 e. The summed E-state index contributed by atoms with van der Waals surface area (Å²) in [5, 5.41) is 0. The van der Waals surface area contributed by atoms with E-state index >= 15 is 0 Å². The van der Waals surface area contributed by atoms with Gasteiger partial charge in [0.15, 0.2) is 0 Å². The maximum Gasteiger partial charge on any atom is 0.392 e. The van der Waals surface area contributed by atoms with Crippen LogP contribution in [0.4, 0.5) is 13.2 Å². The van der Waals surface area contributed by atoms with E-state index < -0.39 is 12.1 Å². The molecule has 0 saturated carbocycles. The molecular formula is C7H12F3IO. The molecule has 0 amide bonds. The second-order valence-electron chi connectivity index (χ2n) is 2.53. The molecule has 0 bridgehead atoms. The Kier molecular flexibility index (Phi) is 6.25. The van der Waals surface area contributed by atoms with Crippen LogP contribution in [-0.4, -0.2) is 24.3 Å². The topological polar surface area (TPSA) is 9.23 Å². The molecule has 0 saturated heterocycles. The van der Waals surface area contributed by atoms with Gasteiger partial charge in [-0.3, -0.25) is 0 Å². The Hall–Kier alpha value is 0.480. The molecule has 0 rings (SSSR count). The molecule has 0 aromatic heterocycles. The largest absolute Gasteiger partial charge is 0.392 e. The molecule has 0 spiro atoms. The second-order valence-corrected chi connectivity index (χ2v) is 3.41. The minimum absolute atomic E-state index is 0.130. The van der Waals surface area contributed by atoms with Crippen LogP contribution in [0.2, 0.25) is 0 Å². The van der Waals surface area contributed by atoms with Gasteiger partial charge in [-0.05, 0) is 12.8 Å². The van der Waals surface area contributed by atoms with Gasteiger partial charge in [0.05, 0.1) is 5.92 Å². The van der Waals surface area contributed by atoms with Crippen molar-refractivity contribution in [3.63, 3.8) is 0 Å². The highest BCUT2D eigenvalue weighted by molar-refractivity contribution is 14.1. The third-order valence-corrected chi connectivity index (χ3v) is 2.61. The van der Waals surface area contributed by atoms with Crippen LogP contribution >= 0.6 is 22.6 Å². The fourth-order valence-corrected chi connectivity index (χ4v) is 1.74. The maximum atomic E-state index is 12.1. The smallest absolute Gasteiger partial charge is 0.385 e. The molecule has 12 heavy (non-hydrogen) atoms. The third-order valence-electron chi connectivity index (χ3n) is 1.55. The van der Waals surface area contributed by atoms with Crippen LogP contribution in [0.1, 0.15) is 12.8 Å². The van der Waals surface area contributed by atoms with Crippen LogP contribution in [0, 0.1) is 5.92 Å². The van der Waals surface area contributed by atoms with Gasteiger partial charge >= 0.3 is 6.18 Å². The Morgan fingerprint density at radius 3 is 2.33 bits per heavy atom. The molecule has 74 valence electrons. The van der Waals surface area contributed by atoms with E-state index in [0.717, 1.165) is 0 Å². The van der Waals surface area contributed by atoms with Crippen molar-refractivity contribution in [1.29, 1.82) is 0 Å². The molecule has 1 atom stereocenters. The maximum absolute atomic E-state index is 12.1. The normalized spacial score (nSPS) is 14.8. The monoisotopic (exact) mass is 296 g/mol. The number of rotatable bonds is 5. The van der Waals surface area contributed by atoms with Gasteiger partial charge in [0.2, 0.25) is 0 Å². The lowest BCUT2D eigenvalue weighted by Crippen LogP contribution is -2.24. The Morgan fingerprint density at radius 1 is 1.42 bits per heavy atom. The van der Waals surface area contributed by atoms with Gasteiger partial charge < -0.3 is 4.74 Å². The minimum atomic E-state index is -4.05. The molecule has 0 radical (unpaired) electrons. The predicted molar refractivity (Wildman–Crippen MR) is 49.5 cm³/mol. The van der Waals surface area contributed by atoms with Crippen molar-refractivity contribution in [2.75, 3.05) is 18.1 Å². The summed E-state index contributed by atoms with van der Waals surface area (Å²) in [5.41, 5.74) is 0. The van der Waals surface area contributed by atoms with E-state index in [2.05, 4.69) is 4.74 Å². The molecule has 1 nitrogen and oxygen atoms in total. The summed E-state index contributed by atoms with van der Waals surface area (Å²) < 4.78 is 41.1. The van der Waals surface area contributed by atoms with Crippen LogP contribution in [0.15, 0.2) is 0 Å². The van der Waals surface area contributed by atoms with Crippen LogP contribution in [0.25, 0.3) is 0 Å². The highest BCUT2D eigenvalue weighted by atomic mass is 127. The van der Waals surface area contributed by atoms with Gasteiger partial charge in [0.1, 0.15) is 0 Å². The van der Waals surface area contributed by atoms with Gasteiger partial charge in [-0.1, -0.05) is 22.6 Å². The van der Waals surface area contributed by atoms with Crippen molar-refractivity contribution in [1.82, 2.24) is 0 Å². The summed E-state index contributed by atoms with van der Waals surface area (Å²) in [4.78, 5) is 0. The van der Waals surface area contributed by atoms with Gasteiger partial charge in [-0.25, -0.2) is 0 Å². The summed E-state index contributed by atoms with van der Waals surface area (Å²) in [7, 11) is 1.49. The lowest BCUT2D eigenvalue weighted by molar-refractivity contribution is -0.169. The van der Waals surface area contributed by atoms with Gasteiger partial charge in [0.25, 0.3) is 0 Å². The lowest BCUT2D eigenvalue weighted by Gasteiger charge is -2.17. The van der Waals surface area contributed by atoms with E-state index in [-0.39, 0.29) is 10.8 Å². The molecule has 0 N–H and O–H groups in total. The van der Waals surface area contributed by atoms with E-state index in [1.807, 2.05) is 0 Å². The summed E-state index contributed by atoms with van der Waals surface area (Å²) in [6.45, 7) is 0.406. The quantitative estimate of drug-likeness (QED) is 0.430. The first-order chi connectivity index (χ1) is 5.52. The van der Waals surface area contributed by atoms with E-state index in [0.29, 0.717) is 13.0 Å². The zero-order valence-electron chi connectivity index (χ0n) is 6.83. The molecule has 0 aliphatic rings. The average Bonchev–Trinajstić information content (AvgIpc) is 1.95. The molecule has 0 aliphatic heterocycles. The zero-order valence-corrected chi connectivity index (χ0v) is 8.98. The van der Waals surface area contributed by atoms with Gasteiger partial charge in [-0.2, -0.15) is 13.2 Å². The zero-order chi connectivity index (χ0) is 9.61. The first kappa shape index (κ1) is 12.5. The summed E-state index contributed by atoms with van der Waals surface area (Å²) in [6, 6.07) is 0. The SMILES string of the molecule is COCCCC(CI)C(F)(F)F. The fourth-order valence-electron chi connectivity index (χ4n) is 0.802. The number of methoxy groups -OCH3 is 1. The molecule has 0 aliphatic carbocycles. The first-order valence-electron chi connectivity index (χ1n) is 3.64. The Labute approximate surface area is 83.8 Å². The number of hydrogen-bond donors (Lipinski definition) is 0. The van der Waals surface area contributed by atoms with Crippen LogP contribution < -0.4 is 0 Å². The summed E-state index contributed by atoms with van der Waals surface area (Å²) >= 11 is 1.77. The first-order valence-corrected chi connectivity index (χ1v) is 5.16. The van der Waals surface area contributed by atoms with E-state index in [4.69, 9.17) is 0 Å². The number of hydrogen-bond acceptors (Lipinski definition) is 1. The van der Waals surface area contributed by atoms with Crippen molar-refractivity contribution in [2.45, 2.75) is 19.0 Å². The number of ether oxygens (including phenoxy) is 1. The highest BCUT2D eigenvalue weighted by Crippen LogP contribution is 2.31. The second kappa shape index (κ2) is 6.01. The Morgan fingerprint density at radius 2 is 2.00 bits per heavy atom. The lowest BCUT2D eigenvalue weighted by atomic mass is 10.1. The standard InChI is InChI=1S/C7H12F3IO/c1-12-4-2-3-6(5-11)7(8,9)10/h6H,2-5H2,1H3. The third kappa shape index (κ3) is 5.18. The number of alkyl halides is 4. The predicted octanol–water partition coefficient (Wildman–Crippen LogP) is 3.03. The van der Waals surface area contributed by atoms with Gasteiger partial charge in [0, 0.05) is 18.1 Å². The highest BCUT2D eigenvalue weighted by Gasteiger charge is 2.37. The van der Waals surface area contributed by atoms with Crippen molar-refractivity contribution >= 4 is 22.6 Å². The van der Waals surface area contributed by atoms with E-state index in [1.54, 1.807) is 22.6 Å². The molecular weight excluding hydrogens is 284 g/mol. The molecule has 5 heteroatoms. The Bertz CT molecular complexity index is 116. The van der Waals surface area contributed by atoms with Crippen LogP contribution in [0.3, 0.4) is 0 Å². The van der Waals surface area contributed by atoms with E-state index in [1.165, 1.54) is 7.11 Å². The summed E-state index contributed by atoms with van der Waals surface area (Å²) in [6.07, 6.45) is -3.40. The Balaban J connectivity index is 3.68. The molecule has 0 heterocycles. The number of halogens is 4. The van der Waals surface area contributed by atoms with Crippen molar-refractivity contribution in [3.05, 3.63) is 0 Å². The molecule has 0 aromatic carbocycles. The molecule has 1 unspecified atom stereocenters. The average molecular weight is 296 g/mol. The molecule has 0 fully saturated rings. The fraction of sp³-hybridized carbons (Fsp3) is 1.00. The summed E-state index contributed by atoms with van der Waals surface area (Å²) in [5.74, 6) is -1.17. The molecule has 0 aromatic rings. The van der Waals surface area contributed by atoms with E-state index in [9.17, 15) is 13.2 Å².